The number of hydrogen-bond donors (Lipinski definition) is 1. The van der Waals surface area contributed by atoms with Crippen LogP contribution in [0.15, 0.2) is 48.8 Å². The smallest absolute Gasteiger partial charge is 0.275 e. The van der Waals surface area contributed by atoms with Crippen molar-refractivity contribution >= 4 is 22.5 Å². The van der Waals surface area contributed by atoms with E-state index in [2.05, 4.69) is 15.3 Å². The summed E-state index contributed by atoms with van der Waals surface area (Å²) in [5.41, 5.74) is 0.139. The fourth-order valence-corrected chi connectivity index (χ4v) is 1.98. The van der Waals surface area contributed by atoms with E-state index in [0.29, 0.717) is 10.9 Å². The van der Waals surface area contributed by atoms with Crippen molar-refractivity contribution < 1.29 is 13.6 Å². The van der Waals surface area contributed by atoms with Crippen LogP contribution in [0.1, 0.15) is 10.5 Å². The van der Waals surface area contributed by atoms with Gasteiger partial charge in [-0.05, 0) is 18.2 Å². The Bertz CT molecular complexity index is 811. The monoisotopic (exact) mass is 285 g/mol. The van der Waals surface area contributed by atoms with Gasteiger partial charge in [0.05, 0.1) is 5.52 Å². The second-order valence-electron chi connectivity index (χ2n) is 4.29. The van der Waals surface area contributed by atoms with Crippen molar-refractivity contribution in [2.45, 2.75) is 0 Å². The number of amides is 1. The molecule has 0 spiro atoms. The van der Waals surface area contributed by atoms with Gasteiger partial charge < -0.3 is 5.32 Å². The first kappa shape index (κ1) is 13.1. The predicted molar refractivity (Wildman–Crippen MR) is 73.8 cm³/mol. The summed E-state index contributed by atoms with van der Waals surface area (Å²) in [4.78, 5) is 20.1. The normalized spacial score (nSPS) is 10.6. The van der Waals surface area contributed by atoms with Crippen LogP contribution in [0.4, 0.5) is 14.5 Å². The topological polar surface area (TPSA) is 54.9 Å². The number of nitrogens with zero attached hydrogens (tertiary/aromatic N) is 2. The molecule has 0 saturated heterocycles. The third kappa shape index (κ3) is 2.43. The van der Waals surface area contributed by atoms with Gasteiger partial charge in [0.15, 0.2) is 0 Å². The Morgan fingerprint density at radius 1 is 0.952 bits per heavy atom. The minimum atomic E-state index is -0.846. The molecule has 0 bridgehead atoms. The molecule has 1 heterocycles. The molecule has 6 heteroatoms. The molecule has 0 unspecified atom stereocenters. The van der Waals surface area contributed by atoms with Gasteiger partial charge in [-0.1, -0.05) is 24.3 Å². The van der Waals surface area contributed by atoms with Crippen LogP contribution in [0.5, 0.6) is 0 Å². The summed E-state index contributed by atoms with van der Waals surface area (Å²) < 4.78 is 27.1. The van der Waals surface area contributed by atoms with Gasteiger partial charge in [0.2, 0.25) is 0 Å². The second kappa shape index (κ2) is 5.24. The van der Waals surface area contributed by atoms with Crippen molar-refractivity contribution in [1.82, 2.24) is 9.97 Å². The highest BCUT2D eigenvalue weighted by molar-refractivity contribution is 6.10. The van der Waals surface area contributed by atoms with E-state index in [1.807, 2.05) is 0 Å². The zero-order chi connectivity index (χ0) is 14.8. The van der Waals surface area contributed by atoms with Crippen LogP contribution in [-0.4, -0.2) is 15.9 Å². The van der Waals surface area contributed by atoms with Crippen molar-refractivity contribution in [2.75, 3.05) is 5.32 Å². The van der Waals surface area contributed by atoms with E-state index in [4.69, 9.17) is 0 Å². The molecule has 0 saturated carbocycles. The van der Waals surface area contributed by atoms with Crippen LogP contribution in [0.25, 0.3) is 10.9 Å². The van der Waals surface area contributed by atoms with Gasteiger partial charge in [0.1, 0.15) is 29.3 Å². The number of aromatic nitrogens is 2. The van der Waals surface area contributed by atoms with E-state index < -0.39 is 23.2 Å². The lowest BCUT2D eigenvalue weighted by Crippen LogP contribution is -2.16. The molecule has 3 aromatic rings. The second-order valence-corrected chi connectivity index (χ2v) is 4.29. The van der Waals surface area contributed by atoms with Crippen molar-refractivity contribution in [2.24, 2.45) is 0 Å². The lowest BCUT2D eigenvalue weighted by atomic mass is 10.1. The number of hydrogen-bond acceptors (Lipinski definition) is 3. The number of anilines is 1. The summed E-state index contributed by atoms with van der Waals surface area (Å²) in [6.45, 7) is 0. The Hall–Kier alpha value is -2.89. The van der Waals surface area contributed by atoms with Gasteiger partial charge in [-0.25, -0.2) is 18.7 Å². The van der Waals surface area contributed by atoms with Crippen LogP contribution in [-0.2, 0) is 0 Å². The van der Waals surface area contributed by atoms with E-state index in [9.17, 15) is 13.6 Å². The summed E-state index contributed by atoms with van der Waals surface area (Å²) in [5, 5.41) is 2.72. The zero-order valence-electron chi connectivity index (χ0n) is 10.7. The minimum Gasteiger partial charge on any atom is -0.316 e. The highest BCUT2D eigenvalue weighted by Crippen LogP contribution is 2.20. The highest BCUT2D eigenvalue weighted by Gasteiger charge is 2.16. The number of carbonyl (C=O) groups excluding carboxylic acids is 1. The van der Waals surface area contributed by atoms with E-state index in [-0.39, 0.29) is 5.69 Å². The van der Waals surface area contributed by atoms with E-state index in [1.165, 1.54) is 12.4 Å². The average Bonchev–Trinajstić information content (AvgIpc) is 2.50. The summed E-state index contributed by atoms with van der Waals surface area (Å²) in [6, 6.07) is 10.2. The Morgan fingerprint density at radius 2 is 1.67 bits per heavy atom. The summed E-state index contributed by atoms with van der Waals surface area (Å²) in [6.07, 6.45) is 1.23. The molecule has 0 aliphatic heterocycles. The number of para-hydroxylation sites is 2. The van der Waals surface area contributed by atoms with E-state index >= 15 is 0 Å². The van der Waals surface area contributed by atoms with Crippen molar-refractivity contribution in [3.05, 3.63) is 66.1 Å². The number of fused-ring (bicyclic) bond motifs is 1. The fraction of sp³-hybridized carbons (Fsp3) is 0. The number of carbonyl (C=O) groups is 1. The molecule has 0 aliphatic rings. The largest absolute Gasteiger partial charge is 0.316 e. The van der Waals surface area contributed by atoms with Gasteiger partial charge in [-0.2, -0.15) is 0 Å². The molecule has 1 amide bonds. The molecule has 3 rings (SSSR count). The van der Waals surface area contributed by atoms with E-state index in [1.54, 1.807) is 24.3 Å². The molecule has 1 aromatic heterocycles. The fourth-order valence-electron chi connectivity index (χ4n) is 1.98. The summed E-state index contributed by atoms with van der Waals surface area (Å²) >= 11 is 0. The molecular formula is C15H9F2N3O. The Labute approximate surface area is 118 Å². The molecule has 0 atom stereocenters. The van der Waals surface area contributed by atoms with Crippen LogP contribution >= 0.6 is 0 Å². The molecule has 104 valence electrons. The quantitative estimate of drug-likeness (QED) is 0.787. The van der Waals surface area contributed by atoms with Gasteiger partial charge in [-0.3, -0.25) is 4.79 Å². The lowest BCUT2D eigenvalue weighted by molar-refractivity contribution is 0.102. The molecule has 0 fully saturated rings. The highest BCUT2D eigenvalue weighted by atomic mass is 19.1. The van der Waals surface area contributed by atoms with Crippen molar-refractivity contribution in [3.8, 4) is 0 Å². The van der Waals surface area contributed by atoms with Gasteiger partial charge in [-0.15, -0.1) is 0 Å². The van der Waals surface area contributed by atoms with Crippen molar-refractivity contribution in [1.29, 1.82) is 0 Å². The molecule has 4 nitrogen and oxygen atoms in total. The standard InChI is InChI=1S/C15H9F2N3O/c16-10-5-3-6-11(17)14(10)20-15(21)13-9-4-1-2-7-12(9)18-8-19-13/h1-8H,(H,20,21). The number of rotatable bonds is 2. The zero-order valence-corrected chi connectivity index (χ0v) is 10.7. The minimum absolute atomic E-state index is 0.0586. The van der Waals surface area contributed by atoms with Crippen LogP contribution < -0.4 is 5.32 Å². The van der Waals surface area contributed by atoms with Gasteiger partial charge in [0, 0.05) is 5.39 Å². The molecule has 21 heavy (non-hydrogen) atoms. The van der Waals surface area contributed by atoms with Gasteiger partial charge >= 0.3 is 0 Å². The molecule has 0 radical (unpaired) electrons. The third-order valence-corrected chi connectivity index (χ3v) is 2.96. The van der Waals surface area contributed by atoms with Crippen LogP contribution in [0.2, 0.25) is 0 Å². The first-order valence-corrected chi connectivity index (χ1v) is 6.12. The maximum absolute atomic E-state index is 13.6. The Kier molecular flexibility index (Phi) is 3.27. The Morgan fingerprint density at radius 3 is 2.43 bits per heavy atom. The molecular weight excluding hydrogens is 276 g/mol. The van der Waals surface area contributed by atoms with E-state index in [0.717, 1.165) is 12.1 Å². The number of benzene rings is 2. The molecule has 1 N–H and O–H groups in total. The van der Waals surface area contributed by atoms with Crippen molar-refractivity contribution in [3.63, 3.8) is 0 Å². The first-order chi connectivity index (χ1) is 10.2. The van der Waals surface area contributed by atoms with Crippen LogP contribution in [0, 0.1) is 11.6 Å². The maximum Gasteiger partial charge on any atom is 0.275 e. The molecule has 2 aromatic carbocycles. The number of halogens is 2. The lowest BCUT2D eigenvalue weighted by Gasteiger charge is -2.08. The number of nitrogens with one attached hydrogen (secondary N) is 1. The van der Waals surface area contributed by atoms with Gasteiger partial charge in [0.25, 0.3) is 5.91 Å². The predicted octanol–water partition coefficient (Wildman–Crippen LogP) is 3.16. The summed E-state index contributed by atoms with van der Waals surface area (Å²) in [5.74, 6) is -2.39. The average molecular weight is 285 g/mol. The van der Waals surface area contributed by atoms with Crippen LogP contribution in [0.3, 0.4) is 0 Å². The maximum atomic E-state index is 13.6. The SMILES string of the molecule is O=C(Nc1c(F)cccc1F)c1ncnc2ccccc12. The molecule has 0 aliphatic carbocycles. The third-order valence-electron chi connectivity index (χ3n) is 2.96. The Balaban J connectivity index is 2.02. The first-order valence-electron chi connectivity index (χ1n) is 6.12. The summed E-state index contributed by atoms with van der Waals surface area (Å²) in [7, 11) is 0.